The Morgan fingerprint density at radius 3 is 2.48 bits per heavy atom. The average molecular weight is 586 g/mol. The van der Waals surface area contributed by atoms with Gasteiger partial charge in [0, 0.05) is 36.5 Å². The van der Waals surface area contributed by atoms with Crippen molar-refractivity contribution in [1.82, 2.24) is 34.3 Å². The third-order valence-electron chi connectivity index (χ3n) is 8.72. The summed E-state index contributed by atoms with van der Waals surface area (Å²) in [5, 5.41) is 5.52. The van der Waals surface area contributed by atoms with E-state index in [0.717, 1.165) is 57.3 Å². The minimum absolute atomic E-state index is 0.0180. The fourth-order valence-corrected chi connectivity index (χ4v) is 7.36. The number of likely N-dealkylation sites (tertiary alicyclic amines) is 2. The molecule has 0 radical (unpaired) electrons. The topological polar surface area (TPSA) is 135 Å². The lowest BCUT2D eigenvalue weighted by Gasteiger charge is -2.40. The molecule has 1 aliphatic carbocycles. The zero-order valence-electron chi connectivity index (χ0n) is 22.6. The van der Waals surface area contributed by atoms with Crippen LogP contribution in [0.25, 0.3) is 11.2 Å². The predicted molar refractivity (Wildman–Crippen MR) is 155 cm³/mol. The maximum atomic E-state index is 13.0. The number of nitrogens with one attached hydrogen (secondary N) is 1. The molecule has 2 saturated heterocycles. The number of thiazole rings is 1. The molecule has 3 fully saturated rings. The van der Waals surface area contributed by atoms with E-state index in [2.05, 4.69) is 30.2 Å². The van der Waals surface area contributed by atoms with E-state index < -0.39 is 0 Å². The number of imidazole rings is 1. The molecule has 2 aliphatic heterocycles. The molecule has 3 aromatic rings. The zero-order valence-corrected chi connectivity index (χ0v) is 24.2. The Kier molecular flexibility index (Phi) is 8.17. The summed E-state index contributed by atoms with van der Waals surface area (Å²) in [7, 11) is 0. The number of amides is 2. The Bertz CT molecular complexity index is 1360. The molecule has 1 saturated carbocycles. The van der Waals surface area contributed by atoms with E-state index >= 15 is 0 Å². The van der Waals surface area contributed by atoms with Gasteiger partial charge in [0.1, 0.15) is 5.52 Å². The van der Waals surface area contributed by atoms with Crippen LogP contribution in [-0.2, 0) is 16.0 Å². The second-order valence-corrected chi connectivity index (χ2v) is 12.4. The molecule has 3 aromatic heterocycles. The lowest BCUT2D eigenvalue weighted by molar-refractivity contribution is -0.132. The summed E-state index contributed by atoms with van der Waals surface area (Å²) in [5.74, 6) is 0.280. The van der Waals surface area contributed by atoms with Crippen LogP contribution in [0.3, 0.4) is 0 Å². The summed E-state index contributed by atoms with van der Waals surface area (Å²) in [4.78, 5) is 47.7. The molecule has 6 rings (SSSR count). The molecule has 214 valence electrons. The number of nitrogens with two attached hydrogens (primary N) is 1. The molecule has 3 aliphatic rings. The van der Waals surface area contributed by atoms with Gasteiger partial charge in [-0.2, -0.15) is 9.97 Å². The Morgan fingerprint density at radius 1 is 0.975 bits per heavy atom. The number of rotatable bonds is 6. The van der Waals surface area contributed by atoms with Gasteiger partial charge in [0.15, 0.2) is 16.6 Å². The predicted octanol–water partition coefficient (Wildman–Crippen LogP) is 3.91. The highest BCUT2D eigenvalue weighted by Gasteiger charge is 2.30. The minimum atomic E-state index is -0.0931. The Balaban J connectivity index is 0.970. The monoisotopic (exact) mass is 585 g/mol. The van der Waals surface area contributed by atoms with Crippen molar-refractivity contribution < 1.29 is 9.59 Å². The minimum Gasteiger partial charge on any atom is -0.382 e. The Labute approximate surface area is 242 Å². The van der Waals surface area contributed by atoms with Gasteiger partial charge in [-0.3, -0.25) is 9.59 Å². The van der Waals surface area contributed by atoms with Gasteiger partial charge >= 0.3 is 0 Å². The van der Waals surface area contributed by atoms with Crippen LogP contribution in [0.5, 0.6) is 0 Å². The Morgan fingerprint density at radius 2 is 1.73 bits per heavy atom. The summed E-state index contributed by atoms with van der Waals surface area (Å²) < 4.78 is 1.99. The second-order valence-electron chi connectivity index (χ2n) is 11.2. The molecule has 2 amide bonds. The molecule has 0 bridgehead atoms. The molecule has 0 unspecified atom stereocenters. The fourth-order valence-electron chi connectivity index (χ4n) is 6.48. The van der Waals surface area contributed by atoms with E-state index in [-0.39, 0.29) is 41.3 Å². The molecule has 0 aromatic carbocycles. The van der Waals surface area contributed by atoms with Crippen molar-refractivity contribution in [3.8, 4) is 0 Å². The van der Waals surface area contributed by atoms with E-state index in [1.54, 1.807) is 6.33 Å². The number of nitrogens with zero attached hydrogens (tertiary/aromatic N) is 7. The quantitative estimate of drug-likeness (QED) is 0.416. The number of carbonyl (C=O) groups is 2. The fraction of sp³-hybridized carbons (Fsp3) is 0.630. The molecular weight excluding hydrogens is 550 g/mol. The average Bonchev–Trinajstić information content (AvgIpc) is 3.60. The van der Waals surface area contributed by atoms with Gasteiger partial charge in [0.25, 0.3) is 0 Å². The van der Waals surface area contributed by atoms with Crippen molar-refractivity contribution >= 4 is 56.9 Å². The van der Waals surface area contributed by atoms with Crippen LogP contribution in [0, 0.1) is 5.92 Å². The van der Waals surface area contributed by atoms with Gasteiger partial charge in [0.05, 0.1) is 18.4 Å². The highest BCUT2D eigenvalue weighted by molar-refractivity contribution is 7.13. The lowest BCUT2D eigenvalue weighted by Crippen LogP contribution is -2.48. The number of carbonyl (C=O) groups excluding carboxylic acids is 2. The van der Waals surface area contributed by atoms with E-state index in [1.807, 2.05) is 14.8 Å². The number of hydrogen-bond donors (Lipinski definition) is 2. The first kappa shape index (κ1) is 27.3. The van der Waals surface area contributed by atoms with Gasteiger partial charge in [-0.15, -0.1) is 11.3 Å². The number of halogens is 1. The zero-order chi connectivity index (χ0) is 27.6. The van der Waals surface area contributed by atoms with Crippen LogP contribution in [-0.4, -0.2) is 78.3 Å². The van der Waals surface area contributed by atoms with Crippen molar-refractivity contribution in [2.45, 2.75) is 76.3 Å². The second kappa shape index (κ2) is 12.0. The van der Waals surface area contributed by atoms with Crippen molar-refractivity contribution in [3.05, 3.63) is 22.7 Å². The summed E-state index contributed by atoms with van der Waals surface area (Å²) in [6, 6.07) is 0.785. The smallest absolute Gasteiger partial charge is 0.229 e. The van der Waals surface area contributed by atoms with E-state index in [9.17, 15) is 9.59 Å². The van der Waals surface area contributed by atoms with Crippen LogP contribution < -0.4 is 11.1 Å². The number of hydrogen-bond acceptors (Lipinski definition) is 9. The van der Waals surface area contributed by atoms with Crippen LogP contribution in [0.1, 0.15) is 69.5 Å². The number of piperidine rings is 2. The van der Waals surface area contributed by atoms with Gasteiger partial charge in [-0.05, 0) is 76.1 Å². The molecule has 40 heavy (non-hydrogen) atoms. The largest absolute Gasteiger partial charge is 0.382 e. The number of anilines is 2. The van der Waals surface area contributed by atoms with Crippen LogP contribution in [0.15, 0.2) is 11.7 Å². The van der Waals surface area contributed by atoms with Gasteiger partial charge in [0.2, 0.25) is 17.1 Å². The number of aromatic nitrogens is 5. The molecule has 13 heteroatoms. The first-order valence-electron chi connectivity index (χ1n) is 14.4. The van der Waals surface area contributed by atoms with Crippen LogP contribution in [0.4, 0.5) is 10.9 Å². The summed E-state index contributed by atoms with van der Waals surface area (Å²) >= 11 is 7.39. The highest BCUT2D eigenvalue weighted by atomic mass is 35.5. The lowest BCUT2D eigenvalue weighted by atomic mass is 9.85. The maximum absolute atomic E-state index is 13.0. The maximum Gasteiger partial charge on any atom is 0.229 e. The van der Waals surface area contributed by atoms with Crippen LogP contribution in [0.2, 0.25) is 5.28 Å². The van der Waals surface area contributed by atoms with Crippen molar-refractivity contribution in [1.29, 1.82) is 0 Å². The van der Waals surface area contributed by atoms with Gasteiger partial charge in [-0.25, -0.2) is 9.97 Å². The molecule has 0 atom stereocenters. The molecule has 11 nitrogen and oxygen atoms in total. The van der Waals surface area contributed by atoms with E-state index in [0.29, 0.717) is 22.3 Å². The van der Waals surface area contributed by atoms with Crippen LogP contribution >= 0.6 is 22.9 Å². The van der Waals surface area contributed by atoms with E-state index in [4.69, 9.17) is 17.3 Å². The standard InChI is InChI=1S/C27H36ClN9O2S/c28-26-32-23(29)22-24(33-26)37(16-30-22)20-6-4-17(5-7-20)25(39)34-27-31-18(15-40-27)14-21(38)36-12-8-19(9-13-36)35-10-2-1-3-11-35/h15-17,19-20H,1-14H2,(H2,29,32,33)(H,31,34,39). The third kappa shape index (κ3) is 5.94. The molecular formula is C27H36ClN9O2S. The normalized spacial score (nSPS) is 23.0. The van der Waals surface area contributed by atoms with Gasteiger partial charge in [-0.1, -0.05) is 6.42 Å². The van der Waals surface area contributed by atoms with Crippen molar-refractivity contribution in [2.24, 2.45) is 5.92 Å². The van der Waals surface area contributed by atoms with Crippen molar-refractivity contribution in [2.75, 3.05) is 37.2 Å². The Hall–Kier alpha value is -2.83. The molecule has 5 heterocycles. The molecule has 3 N–H and O–H groups in total. The number of fused-ring (bicyclic) bond motifs is 1. The first-order chi connectivity index (χ1) is 19.4. The van der Waals surface area contributed by atoms with E-state index in [1.165, 1.54) is 43.7 Å². The van der Waals surface area contributed by atoms with Crippen molar-refractivity contribution in [3.63, 3.8) is 0 Å². The first-order valence-corrected chi connectivity index (χ1v) is 15.6. The van der Waals surface area contributed by atoms with Gasteiger partial charge < -0.3 is 25.4 Å². The summed E-state index contributed by atoms with van der Waals surface area (Å²) in [6.45, 7) is 4.04. The summed E-state index contributed by atoms with van der Waals surface area (Å²) in [5.41, 5.74) is 7.83. The summed E-state index contributed by atoms with van der Waals surface area (Å²) in [6.07, 6.45) is 11.2. The highest BCUT2D eigenvalue weighted by Crippen LogP contribution is 2.35. The number of nitrogen functional groups attached to an aromatic ring is 1. The third-order valence-corrected chi connectivity index (χ3v) is 9.70. The SMILES string of the molecule is Nc1nc(Cl)nc2c1ncn2C1CCC(C(=O)Nc2nc(CC(=O)N3CCC(N4CCCCC4)CC3)cs2)CC1. The molecule has 0 spiro atoms.